The Morgan fingerprint density at radius 2 is 1.90 bits per heavy atom. The lowest BCUT2D eigenvalue weighted by molar-refractivity contribution is 0.0591. The Morgan fingerprint density at radius 1 is 1.20 bits per heavy atom. The summed E-state index contributed by atoms with van der Waals surface area (Å²) in [6, 6.07) is 1.55. The van der Waals surface area contributed by atoms with Gasteiger partial charge in [0.05, 0.1) is 12.8 Å². The molecule has 1 aliphatic heterocycles. The molecule has 1 aromatic rings. The van der Waals surface area contributed by atoms with E-state index >= 15 is 0 Å². The summed E-state index contributed by atoms with van der Waals surface area (Å²) in [6.07, 6.45) is 11.0. The van der Waals surface area contributed by atoms with Crippen molar-refractivity contribution in [2.24, 2.45) is 5.41 Å². The smallest absolute Gasteiger partial charge is 0.339 e. The number of likely N-dealkylation sites (tertiary alicyclic amines) is 1. The molecule has 3 rings (SSSR count). The first-order chi connectivity index (χ1) is 9.69. The Balaban J connectivity index is 1.58. The topological polar surface area (TPSA) is 53.7 Å². The second-order valence-electron chi connectivity index (χ2n) is 6.40. The summed E-state index contributed by atoms with van der Waals surface area (Å²) < 4.78 is 5.34. The van der Waals surface area contributed by atoms with Gasteiger partial charge in [-0.15, -0.1) is 0 Å². The third-order valence-electron chi connectivity index (χ3n) is 5.17. The minimum absolute atomic E-state index is 0.308. The summed E-state index contributed by atoms with van der Waals surface area (Å²) in [5, 5.41) is 9.10. The average molecular weight is 277 g/mol. The van der Waals surface area contributed by atoms with E-state index in [1.807, 2.05) is 0 Å². The molecule has 1 aliphatic carbocycles. The van der Waals surface area contributed by atoms with Crippen LogP contribution >= 0.6 is 0 Å². The van der Waals surface area contributed by atoms with E-state index in [0.29, 0.717) is 23.3 Å². The van der Waals surface area contributed by atoms with Crippen molar-refractivity contribution in [1.82, 2.24) is 4.90 Å². The Bertz CT molecular complexity index is 464. The Kier molecular flexibility index (Phi) is 3.83. The molecule has 1 aromatic heterocycles. The minimum atomic E-state index is -0.894. The Morgan fingerprint density at radius 3 is 2.55 bits per heavy atom. The summed E-state index contributed by atoms with van der Waals surface area (Å²) in [5.41, 5.74) is 0.899. The lowest BCUT2D eigenvalue weighted by Gasteiger charge is -2.44. The van der Waals surface area contributed by atoms with Crippen molar-refractivity contribution in [3.05, 3.63) is 23.7 Å². The highest BCUT2D eigenvalue weighted by Crippen LogP contribution is 2.44. The van der Waals surface area contributed by atoms with Crippen LogP contribution < -0.4 is 0 Å². The first-order valence-electron chi connectivity index (χ1n) is 7.71. The zero-order valence-corrected chi connectivity index (χ0v) is 11.9. The normalized spacial score (nSPS) is 23.0. The molecule has 20 heavy (non-hydrogen) atoms. The largest absolute Gasteiger partial charge is 0.478 e. The van der Waals surface area contributed by atoms with Crippen LogP contribution in [-0.2, 0) is 6.54 Å². The molecular weight excluding hydrogens is 254 g/mol. The highest BCUT2D eigenvalue weighted by Gasteiger charge is 2.35. The van der Waals surface area contributed by atoms with Gasteiger partial charge in [0.1, 0.15) is 11.3 Å². The molecule has 110 valence electrons. The highest BCUT2D eigenvalue weighted by atomic mass is 16.4. The lowest BCUT2D eigenvalue weighted by Crippen LogP contribution is -2.40. The molecule has 2 heterocycles. The molecule has 4 nitrogen and oxygen atoms in total. The number of piperidine rings is 1. The van der Waals surface area contributed by atoms with Gasteiger partial charge in [-0.1, -0.05) is 19.3 Å². The first kappa shape index (κ1) is 13.7. The predicted octanol–water partition coefficient (Wildman–Crippen LogP) is 3.52. The molecule has 1 spiro atoms. The predicted molar refractivity (Wildman–Crippen MR) is 75.7 cm³/mol. The molecule has 0 bridgehead atoms. The van der Waals surface area contributed by atoms with Crippen LogP contribution in [0.4, 0.5) is 0 Å². The van der Waals surface area contributed by atoms with Crippen molar-refractivity contribution >= 4 is 5.97 Å². The van der Waals surface area contributed by atoms with E-state index in [-0.39, 0.29) is 0 Å². The van der Waals surface area contributed by atoms with Crippen LogP contribution in [0.5, 0.6) is 0 Å². The second-order valence-corrected chi connectivity index (χ2v) is 6.40. The fraction of sp³-hybridized carbons (Fsp3) is 0.688. The van der Waals surface area contributed by atoms with E-state index in [9.17, 15) is 4.79 Å². The standard InChI is InChI=1S/C16H23NO3/c18-15(19)13-4-11-20-14(13)12-17-9-7-16(8-10-17)5-2-1-3-6-16/h4,11H,1-3,5-10,12H2,(H,18,19). The van der Waals surface area contributed by atoms with Crippen molar-refractivity contribution < 1.29 is 14.3 Å². The number of carbonyl (C=O) groups is 1. The van der Waals surface area contributed by atoms with E-state index in [1.54, 1.807) is 6.07 Å². The summed E-state index contributed by atoms with van der Waals surface area (Å²) in [6.45, 7) is 2.77. The molecule has 0 atom stereocenters. The molecule has 4 heteroatoms. The fourth-order valence-corrected chi connectivity index (χ4v) is 3.84. The van der Waals surface area contributed by atoms with Crippen molar-refractivity contribution in [1.29, 1.82) is 0 Å². The summed E-state index contributed by atoms with van der Waals surface area (Å²) in [7, 11) is 0. The first-order valence-corrected chi connectivity index (χ1v) is 7.71. The molecular formula is C16H23NO3. The molecule has 0 aromatic carbocycles. The molecule has 0 amide bonds. The van der Waals surface area contributed by atoms with Gasteiger partial charge < -0.3 is 9.52 Å². The number of carboxylic acid groups (broad SMARTS) is 1. The minimum Gasteiger partial charge on any atom is -0.478 e. The summed E-state index contributed by atoms with van der Waals surface area (Å²) in [5.74, 6) is -0.299. The van der Waals surface area contributed by atoms with E-state index in [1.165, 1.54) is 51.2 Å². The van der Waals surface area contributed by atoms with Crippen LogP contribution in [0, 0.1) is 5.41 Å². The third-order valence-corrected chi connectivity index (χ3v) is 5.17. The monoisotopic (exact) mass is 277 g/mol. The Labute approximate surface area is 119 Å². The van der Waals surface area contributed by atoms with Gasteiger partial charge in [0, 0.05) is 0 Å². The van der Waals surface area contributed by atoms with Gasteiger partial charge >= 0.3 is 5.97 Å². The molecule has 1 saturated carbocycles. The van der Waals surface area contributed by atoms with Gasteiger partial charge in [-0.2, -0.15) is 0 Å². The van der Waals surface area contributed by atoms with Gasteiger partial charge in [0.25, 0.3) is 0 Å². The average Bonchev–Trinajstić information content (AvgIpc) is 2.91. The van der Waals surface area contributed by atoms with Crippen LogP contribution in [0.2, 0.25) is 0 Å². The summed E-state index contributed by atoms with van der Waals surface area (Å²) >= 11 is 0. The second kappa shape index (κ2) is 5.60. The number of hydrogen-bond acceptors (Lipinski definition) is 3. The number of aromatic carboxylic acids is 1. The number of rotatable bonds is 3. The van der Waals surface area contributed by atoms with Crippen molar-refractivity contribution in [3.63, 3.8) is 0 Å². The Hall–Kier alpha value is -1.29. The number of furan rings is 1. The number of nitrogens with zero attached hydrogens (tertiary/aromatic N) is 1. The van der Waals surface area contributed by atoms with E-state index in [2.05, 4.69) is 4.90 Å². The van der Waals surface area contributed by atoms with Crippen LogP contribution in [0.15, 0.2) is 16.7 Å². The van der Waals surface area contributed by atoms with Crippen LogP contribution in [0.1, 0.15) is 61.1 Å². The van der Waals surface area contributed by atoms with Gasteiger partial charge in [0.15, 0.2) is 0 Å². The molecule has 0 unspecified atom stereocenters. The molecule has 1 saturated heterocycles. The maximum atomic E-state index is 11.1. The van der Waals surface area contributed by atoms with Crippen molar-refractivity contribution in [3.8, 4) is 0 Å². The molecule has 2 aliphatic rings. The van der Waals surface area contributed by atoms with Gasteiger partial charge in [-0.05, 0) is 50.3 Å². The summed E-state index contributed by atoms with van der Waals surface area (Å²) in [4.78, 5) is 13.4. The van der Waals surface area contributed by atoms with Crippen LogP contribution in [-0.4, -0.2) is 29.1 Å². The lowest BCUT2D eigenvalue weighted by atomic mass is 9.68. The van der Waals surface area contributed by atoms with Crippen LogP contribution in [0.25, 0.3) is 0 Å². The zero-order chi connectivity index (χ0) is 14.0. The SMILES string of the molecule is O=C(O)c1ccoc1CN1CCC2(CCCCC2)CC1. The van der Waals surface area contributed by atoms with E-state index in [4.69, 9.17) is 9.52 Å². The van der Waals surface area contributed by atoms with Gasteiger partial charge in [-0.3, -0.25) is 4.90 Å². The molecule has 0 radical (unpaired) electrons. The quantitative estimate of drug-likeness (QED) is 0.918. The maximum Gasteiger partial charge on any atom is 0.339 e. The van der Waals surface area contributed by atoms with E-state index < -0.39 is 5.97 Å². The van der Waals surface area contributed by atoms with E-state index in [0.717, 1.165) is 13.1 Å². The number of carboxylic acids is 1. The number of hydrogen-bond donors (Lipinski definition) is 1. The molecule has 2 fully saturated rings. The van der Waals surface area contributed by atoms with Crippen LogP contribution in [0.3, 0.4) is 0 Å². The van der Waals surface area contributed by atoms with Crippen molar-refractivity contribution in [2.45, 2.75) is 51.5 Å². The third kappa shape index (κ3) is 2.75. The fourth-order valence-electron chi connectivity index (χ4n) is 3.84. The van der Waals surface area contributed by atoms with Gasteiger partial charge in [-0.25, -0.2) is 4.79 Å². The highest BCUT2D eigenvalue weighted by molar-refractivity contribution is 5.88. The molecule has 1 N–H and O–H groups in total. The van der Waals surface area contributed by atoms with Gasteiger partial charge in [0.2, 0.25) is 0 Å². The zero-order valence-electron chi connectivity index (χ0n) is 11.9. The maximum absolute atomic E-state index is 11.1. The van der Waals surface area contributed by atoms with Crippen molar-refractivity contribution in [2.75, 3.05) is 13.1 Å².